The zero-order valence-electron chi connectivity index (χ0n) is 10.6. The van der Waals surface area contributed by atoms with Crippen LogP contribution in [-0.4, -0.2) is 22.3 Å². The molecule has 3 nitrogen and oxygen atoms in total. The van der Waals surface area contributed by atoms with E-state index in [1.807, 2.05) is 6.92 Å². The molecule has 16 heavy (non-hydrogen) atoms. The normalized spacial score (nSPS) is 14.7. The van der Waals surface area contributed by atoms with Crippen LogP contribution in [-0.2, 0) is 4.79 Å². The van der Waals surface area contributed by atoms with Crippen LogP contribution in [0.4, 0.5) is 0 Å². The van der Waals surface area contributed by atoms with Gasteiger partial charge in [-0.25, -0.2) is 0 Å². The summed E-state index contributed by atoms with van der Waals surface area (Å²) in [6, 6.07) is 0. The summed E-state index contributed by atoms with van der Waals surface area (Å²) in [5.41, 5.74) is 0. The molecule has 0 aliphatic heterocycles. The number of carbonyl (C=O) groups is 1. The van der Waals surface area contributed by atoms with E-state index >= 15 is 0 Å². The van der Waals surface area contributed by atoms with Gasteiger partial charge < -0.3 is 10.2 Å². The SMILES string of the molecule is CCCCCCC(O)C(CCCC)C(=O)O. The molecule has 0 rings (SSSR count). The Hall–Kier alpha value is -0.570. The number of aliphatic carboxylic acids is 1. The third-order valence-electron chi connectivity index (χ3n) is 3.00. The lowest BCUT2D eigenvalue weighted by Gasteiger charge is -2.18. The molecule has 2 atom stereocenters. The van der Waals surface area contributed by atoms with Crippen molar-refractivity contribution in [3.05, 3.63) is 0 Å². The smallest absolute Gasteiger partial charge is 0.309 e. The first-order valence-corrected chi connectivity index (χ1v) is 6.54. The van der Waals surface area contributed by atoms with Gasteiger partial charge in [-0.15, -0.1) is 0 Å². The molecule has 0 aliphatic rings. The minimum atomic E-state index is -0.851. The van der Waals surface area contributed by atoms with E-state index in [4.69, 9.17) is 5.11 Å². The molecule has 0 amide bonds. The summed E-state index contributed by atoms with van der Waals surface area (Å²) in [7, 11) is 0. The van der Waals surface area contributed by atoms with Crippen LogP contribution < -0.4 is 0 Å². The van der Waals surface area contributed by atoms with Crippen molar-refractivity contribution in [2.24, 2.45) is 5.92 Å². The van der Waals surface area contributed by atoms with Gasteiger partial charge in [-0.3, -0.25) is 4.79 Å². The summed E-state index contributed by atoms with van der Waals surface area (Å²) in [5.74, 6) is -1.42. The van der Waals surface area contributed by atoms with Gasteiger partial charge in [0.25, 0.3) is 0 Å². The van der Waals surface area contributed by atoms with Gasteiger partial charge >= 0.3 is 5.97 Å². The molecule has 0 fully saturated rings. The maximum absolute atomic E-state index is 11.0. The molecule has 0 aromatic carbocycles. The first kappa shape index (κ1) is 15.4. The average molecular weight is 230 g/mol. The Kier molecular flexibility index (Phi) is 9.30. The van der Waals surface area contributed by atoms with Crippen molar-refractivity contribution in [3.8, 4) is 0 Å². The Morgan fingerprint density at radius 1 is 1.00 bits per heavy atom. The molecule has 0 spiro atoms. The molecule has 0 saturated carbocycles. The number of hydrogen-bond donors (Lipinski definition) is 2. The summed E-state index contributed by atoms with van der Waals surface area (Å²) in [5, 5.41) is 18.8. The van der Waals surface area contributed by atoms with E-state index in [0.717, 1.165) is 32.1 Å². The quantitative estimate of drug-likeness (QED) is 0.567. The van der Waals surface area contributed by atoms with Crippen molar-refractivity contribution in [2.75, 3.05) is 0 Å². The molecule has 0 bridgehead atoms. The fraction of sp³-hybridized carbons (Fsp3) is 0.923. The average Bonchev–Trinajstić information content (AvgIpc) is 2.24. The van der Waals surface area contributed by atoms with Crippen LogP contribution in [0.3, 0.4) is 0 Å². The van der Waals surface area contributed by atoms with E-state index in [2.05, 4.69) is 6.92 Å². The fourth-order valence-electron chi connectivity index (χ4n) is 1.89. The molecule has 0 aromatic heterocycles. The van der Waals surface area contributed by atoms with Gasteiger partial charge in [0.15, 0.2) is 0 Å². The first-order valence-electron chi connectivity index (χ1n) is 6.54. The third-order valence-corrected chi connectivity index (χ3v) is 3.00. The van der Waals surface area contributed by atoms with E-state index in [9.17, 15) is 9.90 Å². The van der Waals surface area contributed by atoms with Gasteiger partial charge in [-0.2, -0.15) is 0 Å². The highest BCUT2D eigenvalue weighted by Crippen LogP contribution is 2.18. The number of rotatable bonds is 10. The van der Waals surface area contributed by atoms with E-state index in [1.54, 1.807) is 0 Å². The second-order valence-corrected chi connectivity index (χ2v) is 4.50. The number of carboxylic acids is 1. The number of aliphatic hydroxyl groups is 1. The standard InChI is InChI=1S/C13H26O3/c1-3-5-7-8-10-12(14)11(13(15)16)9-6-4-2/h11-12,14H,3-10H2,1-2H3,(H,15,16). The molecule has 0 aromatic rings. The molecule has 96 valence electrons. The molecule has 0 heterocycles. The van der Waals surface area contributed by atoms with Crippen molar-refractivity contribution < 1.29 is 15.0 Å². The molecule has 3 heteroatoms. The highest BCUT2D eigenvalue weighted by molar-refractivity contribution is 5.70. The van der Waals surface area contributed by atoms with Crippen LogP contribution in [0.25, 0.3) is 0 Å². The van der Waals surface area contributed by atoms with Gasteiger partial charge in [0.1, 0.15) is 0 Å². The van der Waals surface area contributed by atoms with Crippen molar-refractivity contribution in [3.63, 3.8) is 0 Å². The van der Waals surface area contributed by atoms with E-state index in [-0.39, 0.29) is 0 Å². The Morgan fingerprint density at radius 2 is 1.62 bits per heavy atom. The maximum atomic E-state index is 11.0. The van der Waals surface area contributed by atoms with Crippen LogP contribution in [0.15, 0.2) is 0 Å². The molecule has 0 aliphatic carbocycles. The van der Waals surface area contributed by atoms with Crippen LogP contribution in [0.5, 0.6) is 0 Å². The van der Waals surface area contributed by atoms with Gasteiger partial charge in [-0.05, 0) is 12.8 Å². The Morgan fingerprint density at radius 3 is 2.12 bits per heavy atom. The van der Waals surface area contributed by atoms with Crippen molar-refractivity contribution in [1.29, 1.82) is 0 Å². The second-order valence-electron chi connectivity index (χ2n) is 4.50. The van der Waals surface area contributed by atoms with Gasteiger partial charge in [0.05, 0.1) is 12.0 Å². The topological polar surface area (TPSA) is 57.5 Å². The lowest BCUT2D eigenvalue weighted by Crippen LogP contribution is -2.28. The van der Waals surface area contributed by atoms with E-state index in [1.165, 1.54) is 6.42 Å². The predicted molar refractivity (Wildman–Crippen MR) is 65.4 cm³/mol. The van der Waals surface area contributed by atoms with Crippen LogP contribution in [0, 0.1) is 5.92 Å². The highest BCUT2D eigenvalue weighted by Gasteiger charge is 2.25. The predicted octanol–water partition coefficient (Wildman–Crippen LogP) is 3.21. The summed E-state index contributed by atoms with van der Waals surface area (Å²) < 4.78 is 0. The van der Waals surface area contributed by atoms with Gasteiger partial charge in [0, 0.05) is 0 Å². The summed E-state index contributed by atoms with van der Waals surface area (Å²) >= 11 is 0. The fourth-order valence-corrected chi connectivity index (χ4v) is 1.89. The number of carboxylic acid groups (broad SMARTS) is 1. The van der Waals surface area contributed by atoms with Crippen molar-refractivity contribution >= 4 is 5.97 Å². The zero-order chi connectivity index (χ0) is 12.4. The minimum absolute atomic E-state index is 0.568. The Labute approximate surface area is 98.9 Å². The lowest BCUT2D eigenvalue weighted by molar-refractivity contribution is -0.146. The Balaban J connectivity index is 3.87. The summed E-state index contributed by atoms with van der Waals surface area (Å²) in [6.45, 7) is 4.17. The maximum Gasteiger partial charge on any atom is 0.309 e. The second kappa shape index (κ2) is 9.64. The monoisotopic (exact) mass is 230 g/mol. The van der Waals surface area contributed by atoms with E-state index < -0.39 is 18.0 Å². The molecule has 0 saturated heterocycles. The van der Waals surface area contributed by atoms with Crippen LogP contribution in [0.1, 0.15) is 65.2 Å². The molecule has 0 radical (unpaired) electrons. The number of hydrogen-bond acceptors (Lipinski definition) is 2. The largest absolute Gasteiger partial charge is 0.481 e. The minimum Gasteiger partial charge on any atom is -0.481 e. The zero-order valence-corrected chi connectivity index (χ0v) is 10.6. The van der Waals surface area contributed by atoms with Crippen molar-refractivity contribution in [2.45, 2.75) is 71.3 Å². The molecule has 2 N–H and O–H groups in total. The van der Waals surface area contributed by atoms with Gasteiger partial charge in [-0.1, -0.05) is 52.4 Å². The van der Waals surface area contributed by atoms with Crippen LogP contribution >= 0.6 is 0 Å². The molecular formula is C13H26O3. The summed E-state index contributed by atoms with van der Waals surface area (Å²) in [4.78, 5) is 11.0. The van der Waals surface area contributed by atoms with E-state index in [0.29, 0.717) is 12.8 Å². The molecule has 2 unspecified atom stereocenters. The lowest BCUT2D eigenvalue weighted by atomic mass is 9.92. The molecular weight excluding hydrogens is 204 g/mol. The summed E-state index contributed by atoms with van der Waals surface area (Å²) in [6.07, 6.45) is 6.77. The number of unbranched alkanes of at least 4 members (excludes halogenated alkanes) is 4. The van der Waals surface area contributed by atoms with Crippen LogP contribution in [0.2, 0.25) is 0 Å². The Bertz CT molecular complexity index is 180. The van der Waals surface area contributed by atoms with Crippen molar-refractivity contribution in [1.82, 2.24) is 0 Å². The highest BCUT2D eigenvalue weighted by atomic mass is 16.4. The third kappa shape index (κ3) is 6.83. The first-order chi connectivity index (χ1) is 7.63. The number of aliphatic hydroxyl groups excluding tert-OH is 1. The van der Waals surface area contributed by atoms with Gasteiger partial charge in [0.2, 0.25) is 0 Å².